The van der Waals surface area contributed by atoms with Gasteiger partial charge in [-0.1, -0.05) is 48.5 Å². The predicted molar refractivity (Wildman–Crippen MR) is 126 cm³/mol. The Morgan fingerprint density at radius 3 is 2.39 bits per heavy atom. The van der Waals surface area contributed by atoms with Crippen LogP contribution < -0.4 is 4.74 Å². The molecule has 4 rings (SSSR count). The quantitative estimate of drug-likeness (QED) is 0.147. The molecule has 1 atom stereocenters. The van der Waals surface area contributed by atoms with Crippen LogP contribution in [0.25, 0.3) is 0 Å². The van der Waals surface area contributed by atoms with Crippen LogP contribution in [0.15, 0.2) is 72.8 Å². The normalized spacial score (nSPS) is 13.2. The van der Waals surface area contributed by atoms with Gasteiger partial charge in [-0.25, -0.2) is 4.79 Å². The fourth-order valence-corrected chi connectivity index (χ4v) is 3.95. The number of Topliss-reactive ketones (excluding diaryl/α,β-unsaturated/α-hetero) is 1. The molecule has 0 aromatic heterocycles. The van der Waals surface area contributed by atoms with Crippen molar-refractivity contribution in [2.45, 2.75) is 12.5 Å². The topological polar surface area (TPSA) is 133 Å². The number of rotatable bonds is 9. The van der Waals surface area contributed by atoms with E-state index in [-0.39, 0.29) is 23.1 Å². The van der Waals surface area contributed by atoms with Crippen LogP contribution in [0.1, 0.15) is 36.6 Å². The Morgan fingerprint density at radius 1 is 0.972 bits per heavy atom. The Labute approximate surface area is 205 Å². The average molecular weight is 488 g/mol. The van der Waals surface area contributed by atoms with Gasteiger partial charge in [0.05, 0.1) is 17.6 Å². The fourth-order valence-electron chi connectivity index (χ4n) is 3.95. The number of imide groups is 1. The first kappa shape index (κ1) is 24.3. The fraction of sp³-hybridized carbons (Fsp3) is 0.154. The summed E-state index contributed by atoms with van der Waals surface area (Å²) in [4.78, 5) is 63.5. The first-order valence-corrected chi connectivity index (χ1v) is 10.8. The van der Waals surface area contributed by atoms with Crippen molar-refractivity contribution in [3.05, 3.63) is 105 Å². The van der Waals surface area contributed by atoms with E-state index in [1.165, 1.54) is 31.4 Å². The molecule has 10 nitrogen and oxygen atoms in total. The number of ether oxygens (including phenoxy) is 2. The molecular weight excluding hydrogens is 468 g/mol. The number of carbonyl (C=O) groups excluding carboxylic acids is 4. The van der Waals surface area contributed by atoms with Gasteiger partial charge in [-0.05, 0) is 23.8 Å². The number of nitrogens with zero attached hydrogens (tertiary/aromatic N) is 2. The number of benzene rings is 3. The molecule has 0 fully saturated rings. The van der Waals surface area contributed by atoms with Gasteiger partial charge in [-0.2, -0.15) is 0 Å². The number of carbonyl (C=O) groups is 4. The highest BCUT2D eigenvalue weighted by atomic mass is 16.6. The SMILES string of the molecule is COc1cccc(C(=O)COC(=O)C(Cc2ccccc2)N2C(=O)c3cccc([N+](=O)[O-])c3C2=O)c1. The maximum absolute atomic E-state index is 13.2. The van der Waals surface area contributed by atoms with E-state index in [0.717, 1.165) is 6.07 Å². The van der Waals surface area contributed by atoms with Crippen LogP contribution in [-0.4, -0.2) is 53.1 Å². The summed E-state index contributed by atoms with van der Waals surface area (Å²) in [7, 11) is 1.45. The first-order chi connectivity index (χ1) is 17.3. The lowest BCUT2D eigenvalue weighted by Gasteiger charge is -2.24. The van der Waals surface area contributed by atoms with Gasteiger partial charge >= 0.3 is 5.97 Å². The second-order valence-electron chi connectivity index (χ2n) is 7.91. The third kappa shape index (κ3) is 4.69. The average Bonchev–Trinajstić information content (AvgIpc) is 3.15. The second-order valence-corrected chi connectivity index (χ2v) is 7.91. The van der Waals surface area contributed by atoms with Crippen molar-refractivity contribution in [3.8, 4) is 5.75 Å². The van der Waals surface area contributed by atoms with Gasteiger partial charge in [0.1, 0.15) is 17.4 Å². The maximum Gasteiger partial charge on any atom is 0.330 e. The zero-order valence-corrected chi connectivity index (χ0v) is 19.1. The molecule has 0 bridgehead atoms. The Morgan fingerprint density at radius 2 is 1.69 bits per heavy atom. The van der Waals surface area contributed by atoms with Crippen molar-refractivity contribution in [1.82, 2.24) is 4.90 Å². The van der Waals surface area contributed by atoms with Crippen LogP contribution in [0.3, 0.4) is 0 Å². The molecule has 0 N–H and O–H groups in total. The Kier molecular flexibility index (Phi) is 6.86. The van der Waals surface area contributed by atoms with E-state index in [2.05, 4.69) is 0 Å². The Bertz CT molecular complexity index is 1370. The van der Waals surface area contributed by atoms with Crippen molar-refractivity contribution in [3.63, 3.8) is 0 Å². The number of methoxy groups -OCH3 is 1. The molecule has 36 heavy (non-hydrogen) atoms. The molecule has 3 aromatic rings. The molecule has 0 saturated heterocycles. The summed E-state index contributed by atoms with van der Waals surface area (Å²) in [6.45, 7) is -0.638. The van der Waals surface area contributed by atoms with Crippen LogP contribution in [0.5, 0.6) is 5.75 Å². The van der Waals surface area contributed by atoms with Crippen molar-refractivity contribution < 1.29 is 33.6 Å². The molecule has 0 saturated carbocycles. The molecule has 3 aromatic carbocycles. The van der Waals surface area contributed by atoms with Gasteiger partial charge in [-0.15, -0.1) is 0 Å². The number of nitro groups is 1. The third-order valence-electron chi connectivity index (χ3n) is 5.71. The summed E-state index contributed by atoms with van der Waals surface area (Å²) in [5, 5.41) is 11.5. The molecule has 1 unspecified atom stereocenters. The summed E-state index contributed by atoms with van der Waals surface area (Å²) < 4.78 is 10.3. The highest BCUT2D eigenvalue weighted by molar-refractivity contribution is 6.24. The molecule has 0 aliphatic carbocycles. The second kappa shape index (κ2) is 10.2. The Hall–Kier alpha value is -4.86. The van der Waals surface area contributed by atoms with Gasteiger partial charge in [0.2, 0.25) is 0 Å². The van der Waals surface area contributed by atoms with Crippen molar-refractivity contribution >= 4 is 29.3 Å². The minimum Gasteiger partial charge on any atom is -0.497 e. The predicted octanol–water partition coefficient (Wildman–Crippen LogP) is 3.24. The van der Waals surface area contributed by atoms with E-state index in [4.69, 9.17) is 9.47 Å². The largest absolute Gasteiger partial charge is 0.497 e. The zero-order chi connectivity index (χ0) is 25.8. The van der Waals surface area contributed by atoms with Crippen molar-refractivity contribution in [2.75, 3.05) is 13.7 Å². The highest BCUT2D eigenvalue weighted by Gasteiger charge is 2.47. The van der Waals surface area contributed by atoms with Crippen molar-refractivity contribution in [1.29, 1.82) is 0 Å². The minimum absolute atomic E-state index is 0.105. The third-order valence-corrected chi connectivity index (χ3v) is 5.71. The van der Waals surface area contributed by atoms with Gasteiger partial charge in [0.15, 0.2) is 12.4 Å². The number of hydrogen-bond acceptors (Lipinski definition) is 8. The lowest BCUT2D eigenvalue weighted by molar-refractivity contribution is -0.385. The van der Waals surface area contributed by atoms with E-state index in [1.807, 2.05) is 0 Å². The molecule has 1 aliphatic rings. The molecule has 1 heterocycles. The molecule has 2 amide bonds. The summed E-state index contributed by atoms with van der Waals surface area (Å²) in [6, 6.07) is 17.1. The first-order valence-electron chi connectivity index (χ1n) is 10.8. The van der Waals surface area contributed by atoms with E-state index in [1.54, 1.807) is 42.5 Å². The molecular formula is C26H20N2O8. The van der Waals surface area contributed by atoms with Crippen LogP contribution in [0.2, 0.25) is 0 Å². The summed E-state index contributed by atoms with van der Waals surface area (Å²) in [5.74, 6) is -2.89. The number of nitro benzene ring substituents is 1. The number of esters is 1. The van der Waals surface area contributed by atoms with E-state index in [0.29, 0.717) is 16.2 Å². The van der Waals surface area contributed by atoms with Gasteiger partial charge in [0, 0.05) is 18.1 Å². The number of ketones is 1. The van der Waals surface area contributed by atoms with Crippen molar-refractivity contribution in [2.24, 2.45) is 0 Å². The monoisotopic (exact) mass is 488 g/mol. The number of amides is 2. The number of hydrogen-bond donors (Lipinski definition) is 0. The summed E-state index contributed by atoms with van der Waals surface area (Å²) in [6.07, 6.45) is -0.105. The summed E-state index contributed by atoms with van der Waals surface area (Å²) in [5.41, 5.74) is -0.227. The Balaban J connectivity index is 1.62. The maximum atomic E-state index is 13.2. The summed E-state index contributed by atoms with van der Waals surface area (Å²) >= 11 is 0. The molecule has 0 radical (unpaired) electrons. The lowest BCUT2D eigenvalue weighted by Crippen LogP contribution is -2.47. The molecule has 1 aliphatic heterocycles. The zero-order valence-electron chi connectivity index (χ0n) is 19.1. The van der Waals surface area contributed by atoms with Gasteiger partial charge < -0.3 is 9.47 Å². The minimum atomic E-state index is -1.45. The van der Waals surface area contributed by atoms with Gasteiger partial charge in [0.25, 0.3) is 17.5 Å². The van der Waals surface area contributed by atoms with Crippen LogP contribution in [0.4, 0.5) is 5.69 Å². The lowest BCUT2D eigenvalue weighted by atomic mass is 10.0. The van der Waals surface area contributed by atoms with Gasteiger partial charge in [-0.3, -0.25) is 29.4 Å². The van der Waals surface area contributed by atoms with Crippen LogP contribution in [-0.2, 0) is 16.0 Å². The standard InChI is InChI=1S/C26H20N2O8/c1-35-18-10-5-9-17(14-18)22(29)15-36-26(32)21(13-16-7-3-2-4-8-16)27-24(30)19-11-6-12-20(28(33)34)23(19)25(27)31/h2-12,14,21H,13,15H2,1H3. The van der Waals surface area contributed by atoms with E-state index in [9.17, 15) is 29.3 Å². The van der Waals surface area contributed by atoms with Crippen LogP contribution in [0, 0.1) is 10.1 Å². The molecule has 182 valence electrons. The van der Waals surface area contributed by atoms with Crippen LogP contribution >= 0.6 is 0 Å². The molecule has 0 spiro atoms. The smallest absolute Gasteiger partial charge is 0.330 e. The van der Waals surface area contributed by atoms with E-state index >= 15 is 0 Å². The van der Waals surface area contributed by atoms with E-state index < -0.39 is 46.8 Å². The molecule has 10 heteroatoms. The highest BCUT2D eigenvalue weighted by Crippen LogP contribution is 2.33. The number of fused-ring (bicyclic) bond motifs is 1.